The standard InChI is InChI=1S/C15H18ClFN2O3/c1-22-7-6-19(15(21)13-4-5-14(20)18-13)9-10-2-3-11(17)8-12(10)16/h2-3,8,13H,4-7,9H2,1H3,(H,18,20)/t13-/m0/s1. The average Bonchev–Trinajstić information content (AvgIpc) is 2.91. The summed E-state index contributed by atoms with van der Waals surface area (Å²) < 4.78 is 18.1. The summed E-state index contributed by atoms with van der Waals surface area (Å²) in [4.78, 5) is 25.4. The molecule has 1 aliphatic heterocycles. The summed E-state index contributed by atoms with van der Waals surface area (Å²) in [6.07, 6.45) is 0.837. The highest BCUT2D eigenvalue weighted by Gasteiger charge is 2.30. The molecule has 0 bridgehead atoms. The van der Waals surface area contributed by atoms with E-state index in [2.05, 4.69) is 5.32 Å². The predicted octanol–water partition coefficient (Wildman–Crippen LogP) is 1.73. The Bertz CT molecular complexity index is 568. The number of methoxy groups -OCH3 is 1. The van der Waals surface area contributed by atoms with Crippen LogP contribution < -0.4 is 5.32 Å². The zero-order valence-electron chi connectivity index (χ0n) is 12.3. The van der Waals surface area contributed by atoms with Gasteiger partial charge >= 0.3 is 0 Å². The van der Waals surface area contributed by atoms with Crippen molar-refractivity contribution < 1.29 is 18.7 Å². The first kappa shape index (κ1) is 16.7. The van der Waals surface area contributed by atoms with Crippen molar-refractivity contribution >= 4 is 23.4 Å². The Hall–Kier alpha value is -1.66. The molecule has 2 amide bonds. The van der Waals surface area contributed by atoms with E-state index in [-0.39, 0.29) is 23.4 Å². The minimum Gasteiger partial charge on any atom is -0.383 e. The first-order chi connectivity index (χ1) is 10.5. The van der Waals surface area contributed by atoms with Crippen LogP contribution >= 0.6 is 11.6 Å². The Morgan fingerprint density at radius 3 is 2.91 bits per heavy atom. The molecule has 1 saturated heterocycles. The minimum atomic E-state index is -0.511. The van der Waals surface area contributed by atoms with Gasteiger partial charge in [-0.05, 0) is 24.1 Å². The number of nitrogens with one attached hydrogen (secondary N) is 1. The highest BCUT2D eigenvalue weighted by Crippen LogP contribution is 2.20. The molecule has 22 heavy (non-hydrogen) atoms. The van der Waals surface area contributed by atoms with Gasteiger partial charge in [0.1, 0.15) is 11.9 Å². The first-order valence-electron chi connectivity index (χ1n) is 7.02. The van der Waals surface area contributed by atoms with Crippen LogP contribution in [0.5, 0.6) is 0 Å². The third-order valence-corrected chi connectivity index (χ3v) is 3.90. The molecule has 1 aliphatic rings. The lowest BCUT2D eigenvalue weighted by atomic mass is 10.1. The summed E-state index contributed by atoms with van der Waals surface area (Å²) in [5.74, 6) is -0.722. The van der Waals surface area contributed by atoms with E-state index in [9.17, 15) is 14.0 Å². The summed E-state index contributed by atoms with van der Waals surface area (Å²) in [6.45, 7) is 0.980. The molecule has 1 aromatic carbocycles. The number of carbonyl (C=O) groups excluding carboxylic acids is 2. The van der Waals surface area contributed by atoms with E-state index >= 15 is 0 Å². The molecule has 1 heterocycles. The first-order valence-corrected chi connectivity index (χ1v) is 7.40. The van der Waals surface area contributed by atoms with Crippen LogP contribution in [-0.4, -0.2) is 43.0 Å². The number of halogens is 2. The van der Waals surface area contributed by atoms with Crippen LogP contribution in [0.4, 0.5) is 4.39 Å². The molecular weight excluding hydrogens is 311 g/mol. The summed E-state index contributed by atoms with van der Waals surface area (Å²) in [7, 11) is 1.55. The maximum absolute atomic E-state index is 13.1. The van der Waals surface area contributed by atoms with Crippen molar-refractivity contribution in [3.63, 3.8) is 0 Å². The Balaban J connectivity index is 2.11. The summed E-state index contributed by atoms with van der Waals surface area (Å²) >= 11 is 6.02. The van der Waals surface area contributed by atoms with Gasteiger partial charge in [0, 0.05) is 31.6 Å². The van der Waals surface area contributed by atoms with Gasteiger partial charge in [0.25, 0.3) is 0 Å². The number of hydrogen-bond acceptors (Lipinski definition) is 3. The Labute approximate surface area is 133 Å². The molecule has 1 N–H and O–H groups in total. The van der Waals surface area contributed by atoms with Gasteiger partial charge < -0.3 is 15.0 Å². The lowest BCUT2D eigenvalue weighted by Gasteiger charge is -2.26. The molecule has 0 saturated carbocycles. The second kappa shape index (κ2) is 7.56. The van der Waals surface area contributed by atoms with Gasteiger partial charge in [-0.1, -0.05) is 17.7 Å². The monoisotopic (exact) mass is 328 g/mol. The molecule has 1 atom stereocenters. The van der Waals surface area contributed by atoms with Crippen LogP contribution in [0, 0.1) is 5.82 Å². The molecule has 1 aromatic rings. The van der Waals surface area contributed by atoms with Crippen LogP contribution in [0.15, 0.2) is 18.2 Å². The van der Waals surface area contributed by atoms with Gasteiger partial charge in [0.05, 0.1) is 6.61 Å². The maximum Gasteiger partial charge on any atom is 0.245 e. The van der Waals surface area contributed by atoms with E-state index in [1.54, 1.807) is 18.1 Å². The normalized spacial score (nSPS) is 17.4. The Kier molecular flexibility index (Phi) is 5.74. The van der Waals surface area contributed by atoms with Crippen molar-refractivity contribution in [3.05, 3.63) is 34.6 Å². The van der Waals surface area contributed by atoms with Gasteiger partial charge in [0.2, 0.25) is 11.8 Å². The van der Waals surface area contributed by atoms with E-state index < -0.39 is 11.9 Å². The Morgan fingerprint density at radius 1 is 1.55 bits per heavy atom. The summed E-state index contributed by atoms with van der Waals surface area (Å²) in [6, 6.07) is 3.56. The van der Waals surface area contributed by atoms with Crippen LogP contribution in [0.2, 0.25) is 5.02 Å². The molecule has 5 nitrogen and oxygen atoms in total. The fraction of sp³-hybridized carbons (Fsp3) is 0.467. The highest BCUT2D eigenvalue weighted by molar-refractivity contribution is 6.31. The number of nitrogens with zero attached hydrogens (tertiary/aromatic N) is 1. The summed E-state index contributed by atoms with van der Waals surface area (Å²) in [5.41, 5.74) is 0.650. The molecule has 120 valence electrons. The third kappa shape index (κ3) is 4.18. The number of ether oxygens (including phenoxy) is 1. The van der Waals surface area contributed by atoms with E-state index in [4.69, 9.17) is 16.3 Å². The van der Waals surface area contributed by atoms with Gasteiger partial charge in [-0.25, -0.2) is 4.39 Å². The fourth-order valence-corrected chi connectivity index (χ4v) is 2.57. The van der Waals surface area contributed by atoms with Crippen LogP contribution in [0.1, 0.15) is 18.4 Å². The Morgan fingerprint density at radius 2 is 2.32 bits per heavy atom. The van der Waals surface area contributed by atoms with Crippen molar-refractivity contribution in [3.8, 4) is 0 Å². The van der Waals surface area contributed by atoms with Crippen molar-refractivity contribution in [2.24, 2.45) is 0 Å². The largest absolute Gasteiger partial charge is 0.383 e. The van der Waals surface area contributed by atoms with Crippen molar-refractivity contribution in [2.75, 3.05) is 20.3 Å². The van der Waals surface area contributed by atoms with Crippen molar-refractivity contribution in [2.45, 2.75) is 25.4 Å². The van der Waals surface area contributed by atoms with Crippen molar-refractivity contribution in [1.29, 1.82) is 0 Å². The van der Waals surface area contributed by atoms with Crippen molar-refractivity contribution in [1.82, 2.24) is 10.2 Å². The van der Waals surface area contributed by atoms with Crippen LogP contribution in [0.25, 0.3) is 0 Å². The average molecular weight is 329 g/mol. The quantitative estimate of drug-likeness (QED) is 0.865. The third-order valence-electron chi connectivity index (χ3n) is 3.55. The summed E-state index contributed by atoms with van der Waals surface area (Å²) in [5, 5.41) is 2.93. The molecule has 1 fully saturated rings. The van der Waals surface area contributed by atoms with Crippen LogP contribution in [0.3, 0.4) is 0 Å². The molecule has 0 radical (unpaired) electrons. The van der Waals surface area contributed by atoms with Gasteiger partial charge in [-0.3, -0.25) is 9.59 Å². The lowest BCUT2D eigenvalue weighted by Crippen LogP contribution is -2.45. The fourth-order valence-electron chi connectivity index (χ4n) is 2.34. The van der Waals surface area contributed by atoms with Gasteiger partial charge in [-0.2, -0.15) is 0 Å². The molecule has 0 aliphatic carbocycles. The lowest BCUT2D eigenvalue weighted by molar-refractivity contribution is -0.135. The zero-order chi connectivity index (χ0) is 16.1. The van der Waals surface area contributed by atoms with Gasteiger partial charge in [-0.15, -0.1) is 0 Å². The van der Waals surface area contributed by atoms with Gasteiger partial charge in [0.15, 0.2) is 0 Å². The zero-order valence-corrected chi connectivity index (χ0v) is 13.0. The molecule has 0 unspecified atom stereocenters. The number of carbonyl (C=O) groups is 2. The van der Waals surface area contributed by atoms with E-state index in [1.807, 2.05) is 0 Å². The molecule has 0 aromatic heterocycles. The SMILES string of the molecule is COCCN(Cc1ccc(F)cc1Cl)C(=O)[C@@H]1CCC(=O)N1. The number of hydrogen-bond donors (Lipinski definition) is 1. The minimum absolute atomic E-state index is 0.121. The number of benzene rings is 1. The topological polar surface area (TPSA) is 58.6 Å². The molecular formula is C15H18ClFN2O3. The molecule has 7 heteroatoms. The highest BCUT2D eigenvalue weighted by atomic mass is 35.5. The predicted molar refractivity (Wildman–Crippen MR) is 79.9 cm³/mol. The molecule has 2 rings (SSSR count). The second-order valence-corrected chi connectivity index (χ2v) is 5.55. The second-order valence-electron chi connectivity index (χ2n) is 5.15. The van der Waals surface area contributed by atoms with E-state index in [1.165, 1.54) is 12.1 Å². The van der Waals surface area contributed by atoms with Crippen LogP contribution in [-0.2, 0) is 20.9 Å². The van der Waals surface area contributed by atoms with E-state index in [0.717, 1.165) is 0 Å². The number of amides is 2. The molecule has 0 spiro atoms. The smallest absolute Gasteiger partial charge is 0.245 e. The van der Waals surface area contributed by atoms with E-state index in [0.29, 0.717) is 31.6 Å². The maximum atomic E-state index is 13.1. The number of rotatable bonds is 6.